The predicted octanol–water partition coefficient (Wildman–Crippen LogP) is 3.73. The summed E-state index contributed by atoms with van der Waals surface area (Å²) in [5, 5.41) is 0. The maximum Gasteiger partial charge on any atom is 0.0504 e. The maximum absolute atomic E-state index is 6.51. The fourth-order valence-corrected chi connectivity index (χ4v) is 3.83. The Morgan fingerprint density at radius 3 is 2.35 bits per heavy atom. The van der Waals surface area contributed by atoms with E-state index >= 15 is 0 Å². The summed E-state index contributed by atoms with van der Waals surface area (Å²) in [5.74, 6) is 0.689. The highest BCUT2D eigenvalue weighted by Crippen LogP contribution is 2.35. The van der Waals surface area contributed by atoms with Crippen molar-refractivity contribution in [2.24, 2.45) is 11.7 Å². The summed E-state index contributed by atoms with van der Waals surface area (Å²) in [6.45, 7) is 13.6. The molecule has 1 saturated heterocycles. The Hall–Kier alpha value is -0.860. The first-order valence-corrected chi connectivity index (χ1v) is 7.97. The third-order valence-corrected chi connectivity index (χ3v) is 4.42. The minimum absolute atomic E-state index is 0.266. The van der Waals surface area contributed by atoms with Gasteiger partial charge in [0.25, 0.3) is 0 Å². The van der Waals surface area contributed by atoms with Crippen molar-refractivity contribution in [1.29, 1.82) is 0 Å². The number of nitrogens with two attached hydrogens (primary N) is 1. The molecule has 1 aromatic carbocycles. The molecule has 2 unspecified atom stereocenters. The van der Waals surface area contributed by atoms with Gasteiger partial charge in [0.05, 0.1) is 6.04 Å². The van der Waals surface area contributed by atoms with Gasteiger partial charge in [-0.15, -0.1) is 0 Å². The van der Waals surface area contributed by atoms with Gasteiger partial charge in [-0.05, 0) is 62.8 Å². The molecule has 1 aromatic rings. The summed E-state index contributed by atoms with van der Waals surface area (Å²) in [4.78, 5) is 2.61. The molecular formula is C18H30N2. The standard InChI is InChI=1S/C18H30N2/c1-12(2)11-20-8-6-7-16(19)18(20)17-14(4)9-13(3)10-15(17)5/h9-10,12,16,18H,6-8,11,19H2,1-5H3. The topological polar surface area (TPSA) is 29.3 Å². The quantitative estimate of drug-likeness (QED) is 0.910. The summed E-state index contributed by atoms with van der Waals surface area (Å²) in [7, 11) is 0. The van der Waals surface area contributed by atoms with E-state index in [0.29, 0.717) is 12.0 Å². The van der Waals surface area contributed by atoms with E-state index in [9.17, 15) is 0 Å². The fraction of sp³-hybridized carbons (Fsp3) is 0.667. The van der Waals surface area contributed by atoms with Crippen molar-refractivity contribution >= 4 is 0 Å². The van der Waals surface area contributed by atoms with Gasteiger partial charge in [-0.25, -0.2) is 0 Å². The van der Waals surface area contributed by atoms with Crippen LogP contribution in [0.1, 0.15) is 55.0 Å². The van der Waals surface area contributed by atoms with Gasteiger partial charge in [0.15, 0.2) is 0 Å². The molecule has 1 heterocycles. The minimum Gasteiger partial charge on any atom is -0.326 e. The van der Waals surface area contributed by atoms with E-state index in [4.69, 9.17) is 5.73 Å². The summed E-state index contributed by atoms with van der Waals surface area (Å²) >= 11 is 0. The van der Waals surface area contributed by atoms with Crippen LogP contribution in [-0.2, 0) is 0 Å². The van der Waals surface area contributed by atoms with Crippen LogP contribution >= 0.6 is 0 Å². The fourth-order valence-electron chi connectivity index (χ4n) is 3.83. The zero-order valence-electron chi connectivity index (χ0n) is 13.7. The third kappa shape index (κ3) is 3.24. The van der Waals surface area contributed by atoms with Gasteiger partial charge in [0, 0.05) is 12.6 Å². The van der Waals surface area contributed by atoms with Crippen molar-refractivity contribution in [2.45, 2.75) is 59.5 Å². The molecule has 20 heavy (non-hydrogen) atoms. The summed E-state index contributed by atoms with van der Waals surface area (Å²) in [5.41, 5.74) is 12.1. The predicted molar refractivity (Wildman–Crippen MR) is 87.0 cm³/mol. The Bertz CT molecular complexity index is 441. The van der Waals surface area contributed by atoms with E-state index in [-0.39, 0.29) is 6.04 Å². The van der Waals surface area contributed by atoms with Gasteiger partial charge < -0.3 is 5.73 Å². The summed E-state index contributed by atoms with van der Waals surface area (Å²) in [6.07, 6.45) is 2.38. The van der Waals surface area contributed by atoms with Crippen molar-refractivity contribution in [3.63, 3.8) is 0 Å². The maximum atomic E-state index is 6.51. The first kappa shape index (κ1) is 15.5. The van der Waals surface area contributed by atoms with Gasteiger partial charge in [-0.3, -0.25) is 4.90 Å². The highest BCUT2D eigenvalue weighted by molar-refractivity contribution is 5.40. The SMILES string of the molecule is Cc1cc(C)c(C2C(N)CCCN2CC(C)C)c(C)c1. The van der Waals surface area contributed by atoms with E-state index in [1.54, 1.807) is 0 Å². The second-order valence-electron chi connectivity index (χ2n) is 6.95. The molecule has 0 bridgehead atoms. The van der Waals surface area contributed by atoms with Crippen molar-refractivity contribution in [3.8, 4) is 0 Å². The molecule has 1 aliphatic heterocycles. The number of piperidine rings is 1. The van der Waals surface area contributed by atoms with Crippen LogP contribution in [-0.4, -0.2) is 24.0 Å². The van der Waals surface area contributed by atoms with Gasteiger partial charge >= 0.3 is 0 Å². The highest BCUT2D eigenvalue weighted by Gasteiger charge is 2.32. The molecule has 0 aliphatic carbocycles. The highest BCUT2D eigenvalue weighted by atomic mass is 15.2. The lowest BCUT2D eigenvalue weighted by Crippen LogP contribution is -2.47. The van der Waals surface area contributed by atoms with Crippen molar-refractivity contribution in [3.05, 3.63) is 34.4 Å². The number of hydrogen-bond donors (Lipinski definition) is 1. The number of benzene rings is 1. The van der Waals surface area contributed by atoms with Gasteiger partial charge in [0.2, 0.25) is 0 Å². The number of rotatable bonds is 3. The summed E-state index contributed by atoms with van der Waals surface area (Å²) in [6, 6.07) is 5.27. The largest absolute Gasteiger partial charge is 0.326 e. The molecule has 0 amide bonds. The van der Waals surface area contributed by atoms with Gasteiger partial charge in [-0.2, -0.15) is 0 Å². The molecule has 1 aliphatic rings. The smallest absolute Gasteiger partial charge is 0.0504 e. The molecule has 2 atom stereocenters. The Morgan fingerprint density at radius 2 is 1.80 bits per heavy atom. The van der Waals surface area contributed by atoms with Crippen molar-refractivity contribution in [2.75, 3.05) is 13.1 Å². The van der Waals surface area contributed by atoms with Crippen LogP contribution in [0.2, 0.25) is 0 Å². The molecule has 0 spiro atoms. The minimum atomic E-state index is 0.266. The zero-order valence-corrected chi connectivity index (χ0v) is 13.7. The number of hydrogen-bond acceptors (Lipinski definition) is 2. The number of nitrogens with zero attached hydrogens (tertiary/aromatic N) is 1. The molecule has 0 radical (unpaired) electrons. The Labute approximate surface area is 124 Å². The van der Waals surface area contributed by atoms with Gasteiger partial charge in [-0.1, -0.05) is 31.5 Å². The van der Waals surface area contributed by atoms with Crippen LogP contribution in [0.4, 0.5) is 0 Å². The van der Waals surface area contributed by atoms with Crippen LogP contribution in [0, 0.1) is 26.7 Å². The summed E-state index contributed by atoms with van der Waals surface area (Å²) < 4.78 is 0. The Kier molecular flexibility index (Phi) is 4.87. The molecule has 2 heteroatoms. The molecule has 2 N–H and O–H groups in total. The van der Waals surface area contributed by atoms with Crippen molar-refractivity contribution < 1.29 is 0 Å². The van der Waals surface area contributed by atoms with Crippen LogP contribution < -0.4 is 5.73 Å². The van der Waals surface area contributed by atoms with E-state index in [1.807, 2.05) is 0 Å². The third-order valence-electron chi connectivity index (χ3n) is 4.42. The number of aryl methyl sites for hydroxylation is 3. The lowest BCUT2D eigenvalue weighted by Gasteiger charge is -2.42. The van der Waals surface area contributed by atoms with Crippen LogP contribution in [0.15, 0.2) is 12.1 Å². The van der Waals surface area contributed by atoms with Crippen LogP contribution in [0.3, 0.4) is 0 Å². The van der Waals surface area contributed by atoms with Crippen LogP contribution in [0.5, 0.6) is 0 Å². The normalized spacial score (nSPS) is 24.4. The number of likely N-dealkylation sites (tertiary alicyclic amines) is 1. The first-order chi connectivity index (χ1) is 9.40. The van der Waals surface area contributed by atoms with Gasteiger partial charge in [0.1, 0.15) is 0 Å². The van der Waals surface area contributed by atoms with E-state index in [0.717, 1.165) is 13.0 Å². The lowest BCUT2D eigenvalue weighted by molar-refractivity contribution is 0.113. The van der Waals surface area contributed by atoms with E-state index in [1.165, 1.54) is 35.2 Å². The Balaban J connectivity index is 2.40. The Morgan fingerprint density at radius 1 is 1.20 bits per heavy atom. The average Bonchev–Trinajstić information content (AvgIpc) is 2.30. The first-order valence-electron chi connectivity index (χ1n) is 7.97. The van der Waals surface area contributed by atoms with E-state index in [2.05, 4.69) is 51.7 Å². The molecular weight excluding hydrogens is 244 g/mol. The van der Waals surface area contributed by atoms with Crippen LogP contribution in [0.25, 0.3) is 0 Å². The lowest BCUT2D eigenvalue weighted by atomic mass is 9.85. The average molecular weight is 274 g/mol. The molecule has 0 aromatic heterocycles. The molecule has 2 rings (SSSR count). The van der Waals surface area contributed by atoms with Crippen molar-refractivity contribution in [1.82, 2.24) is 4.90 Å². The molecule has 0 saturated carbocycles. The second-order valence-corrected chi connectivity index (χ2v) is 6.95. The molecule has 1 fully saturated rings. The monoisotopic (exact) mass is 274 g/mol. The molecule has 112 valence electrons. The molecule has 2 nitrogen and oxygen atoms in total. The zero-order chi connectivity index (χ0) is 14.9. The second kappa shape index (κ2) is 6.28. The van der Waals surface area contributed by atoms with E-state index < -0.39 is 0 Å².